The maximum atomic E-state index is 6.17. The van der Waals surface area contributed by atoms with Gasteiger partial charge in [0.1, 0.15) is 11.5 Å². The lowest BCUT2D eigenvalue weighted by atomic mass is 9.85. The fourth-order valence-corrected chi connectivity index (χ4v) is 4.83. The molecule has 4 nitrogen and oxygen atoms in total. The number of hydrogen-bond donors (Lipinski definition) is 2. The molecule has 0 aliphatic rings. The molecule has 4 rings (SSSR count). The van der Waals surface area contributed by atoms with Crippen molar-refractivity contribution in [3.05, 3.63) is 131 Å². The molecule has 0 aliphatic heterocycles. The highest BCUT2D eigenvalue weighted by Gasteiger charge is 2.17. The Balaban J connectivity index is 1.77. The van der Waals surface area contributed by atoms with E-state index in [1.54, 1.807) is 0 Å². The van der Waals surface area contributed by atoms with Crippen LogP contribution in [0, 0.1) is 0 Å². The molecule has 0 radical (unpaired) electrons. The van der Waals surface area contributed by atoms with Gasteiger partial charge in [-0.3, -0.25) is 0 Å². The van der Waals surface area contributed by atoms with Gasteiger partial charge in [0.15, 0.2) is 0 Å². The number of benzene rings is 4. The Labute approximate surface area is 239 Å². The second-order valence-corrected chi connectivity index (χ2v) is 9.93. The fraction of sp³-hybridized carbons (Fsp3) is 0.278. The zero-order chi connectivity index (χ0) is 27.8. The van der Waals surface area contributed by atoms with Gasteiger partial charge in [0.2, 0.25) is 0 Å². The van der Waals surface area contributed by atoms with E-state index < -0.39 is 0 Å². The molecule has 0 heterocycles. The quantitative estimate of drug-likeness (QED) is 0.114. The van der Waals surface area contributed by atoms with Crippen LogP contribution in [0.3, 0.4) is 0 Å². The standard InChI is InChI=1S/C36H42N2O2/c37-23-9-3-11-25-39-33-21-13-19-31(27-33)35(29-15-5-1-6-16-29)36(30-17-7-2-8-18-30)32-20-14-22-34(28-32)40-26-12-4-10-24-38/h1-2,5-8,13-22,27-28H,3-4,9-12,23-26,37-38H2/b36-35-. The van der Waals surface area contributed by atoms with Crippen LogP contribution in [0.2, 0.25) is 0 Å². The second kappa shape index (κ2) is 16.3. The van der Waals surface area contributed by atoms with Crippen LogP contribution in [0.25, 0.3) is 11.1 Å². The molecule has 40 heavy (non-hydrogen) atoms. The van der Waals surface area contributed by atoms with Gasteiger partial charge in [-0.1, -0.05) is 84.9 Å². The van der Waals surface area contributed by atoms with E-state index in [-0.39, 0.29) is 0 Å². The van der Waals surface area contributed by atoms with Crippen LogP contribution in [0.1, 0.15) is 60.8 Å². The van der Waals surface area contributed by atoms with Crippen molar-refractivity contribution in [1.82, 2.24) is 0 Å². The van der Waals surface area contributed by atoms with Crippen molar-refractivity contribution >= 4 is 11.1 Å². The van der Waals surface area contributed by atoms with Crippen LogP contribution in [-0.4, -0.2) is 26.3 Å². The Hall–Kier alpha value is -3.86. The van der Waals surface area contributed by atoms with Crippen molar-refractivity contribution in [2.45, 2.75) is 38.5 Å². The zero-order valence-electron chi connectivity index (χ0n) is 23.4. The highest BCUT2D eigenvalue weighted by molar-refractivity contribution is 6.04. The average Bonchev–Trinajstić information content (AvgIpc) is 3.01. The summed E-state index contributed by atoms with van der Waals surface area (Å²) in [5.74, 6) is 1.75. The van der Waals surface area contributed by atoms with Gasteiger partial charge in [-0.15, -0.1) is 0 Å². The molecule has 208 valence electrons. The van der Waals surface area contributed by atoms with Gasteiger partial charge in [0.25, 0.3) is 0 Å². The monoisotopic (exact) mass is 534 g/mol. The van der Waals surface area contributed by atoms with E-state index in [4.69, 9.17) is 20.9 Å². The van der Waals surface area contributed by atoms with Crippen molar-refractivity contribution in [3.63, 3.8) is 0 Å². The lowest BCUT2D eigenvalue weighted by Crippen LogP contribution is -2.03. The predicted octanol–water partition coefficient (Wildman–Crippen LogP) is 7.71. The van der Waals surface area contributed by atoms with Crippen LogP contribution >= 0.6 is 0 Å². The van der Waals surface area contributed by atoms with Gasteiger partial charge in [-0.2, -0.15) is 0 Å². The average molecular weight is 535 g/mol. The largest absolute Gasteiger partial charge is 0.494 e. The summed E-state index contributed by atoms with van der Waals surface area (Å²) < 4.78 is 12.3. The number of ether oxygens (including phenoxy) is 2. The highest BCUT2D eigenvalue weighted by atomic mass is 16.5. The number of rotatable bonds is 16. The van der Waals surface area contributed by atoms with E-state index in [1.165, 1.54) is 0 Å². The summed E-state index contributed by atoms with van der Waals surface area (Å²) in [6, 6.07) is 38.1. The molecule has 4 N–H and O–H groups in total. The van der Waals surface area contributed by atoms with Crippen LogP contribution in [0.15, 0.2) is 109 Å². The van der Waals surface area contributed by atoms with E-state index in [1.807, 2.05) is 12.1 Å². The molecule has 0 aliphatic carbocycles. The molecule has 0 unspecified atom stereocenters. The second-order valence-electron chi connectivity index (χ2n) is 9.93. The van der Waals surface area contributed by atoms with Crippen molar-refractivity contribution in [2.24, 2.45) is 11.5 Å². The van der Waals surface area contributed by atoms with E-state index in [0.717, 1.165) is 96.5 Å². The van der Waals surface area contributed by atoms with Crippen LogP contribution < -0.4 is 20.9 Å². The van der Waals surface area contributed by atoms with E-state index in [0.29, 0.717) is 13.2 Å². The molecular formula is C36H42N2O2. The minimum absolute atomic E-state index is 0.685. The fourth-order valence-electron chi connectivity index (χ4n) is 4.83. The van der Waals surface area contributed by atoms with Crippen LogP contribution in [-0.2, 0) is 0 Å². The predicted molar refractivity (Wildman–Crippen MR) is 168 cm³/mol. The summed E-state index contributed by atoms with van der Waals surface area (Å²) in [6.07, 6.45) is 6.21. The van der Waals surface area contributed by atoms with Gasteiger partial charge < -0.3 is 20.9 Å². The SMILES string of the molecule is NCCCCCOc1cccc(/C(=C(/c2ccccc2)c2cccc(OCCCCCN)c2)c2ccccc2)c1. The van der Waals surface area contributed by atoms with Gasteiger partial charge in [0, 0.05) is 0 Å². The zero-order valence-corrected chi connectivity index (χ0v) is 23.4. The maximum Gasteiger partial charge on any atom is 0.119 e. The minimum atomic E-state index is 0.685. The first-order valence-corrected chi connectivity index (χ1v) is 14.5. The lowest BCUT2D eigenvalue weighted by molar-refractivity contribution is 0.305. The third-order valence-corrected chi connectivity index (χ3v) is 6.85. The Morgan fingerprint density at radius 2 is 0.825 bits per heavy atom. The summed E-state index contributed by atoms with van der Waals surface area (Å²) in [5.41, 5.74) is 18.1. The molecule has 0 fully saturated rings. The van der Waals surface area contributed by atoms with E-state index >= 15 is 0 Å². The molecule has 0 aromatic heterocycles. The smallest absolute Gasteiger partial charge is 0.119 e. The van der Waals surface area contributed by atoms with Gasteiger partial charge in [0.05, 0.1) is 13.2 Å². The van der Waals surface area contributed by atoms with Crippen molar-refractivity contribution in [1.29, 1.82) is 0 Å². The first-order valence-electron chi connectivity index (χ1n) is 14.5. The Bertz CT molecular complexity index is 1220. The van der Waals surface area contributed by atoms with Crippen molar-refractivity contribution in [3.8, 4) is 11.5 Å². The summed E-state index contributed by atoms with van der Waals surface area (Å²) >= 11 is 0. The topological polar surface area (TPSA) is 70.5 Å². The molecule has 0 amide bonds. The van der Waals surface area contributed by atoms with Crippen molar-refractivity contribution < 1.29 is 9.47 Å². The molecule has 0 saturated heterocycles. The summed E-state index contributed by atoms with van der Waals surface area (Å²) in [4.78, 5) is 0. The summed E-state index contributed by atoms with van der Waals surface area (Å²) in [5, 5.41) is 0. The normalized spacial score (nSPS) is 11.7. The Morgan fingerprint density at radius 3 is 1.23 bits per heavy atom. The molecule has 0 spiro atoms. The molecule has 0 saturated carbocycles. The van der Waals surface area contributed by atoms with Crippen LogP contribution in [0.5, 0.6) is 11.5 Å². The minimum Gasteiger partial charge on any atom is -0.494 e. The third-order valence-electron chi connectivity index (χ3n) is 6.85. The van der Waals surface area contributed by atoms with Crippen molar-refractivity contribution in [2.75, 3.05) is 26.3 Å². The third kappa shape index (κ3) is 8.57. The van der Waals surface area contributed by atoms with Gasteiger partial charge in [-0.05, 0) is 109 Å². The maximum absolute atomic E-state index is 6.17. The number of nitrogens with two attached hydrogens (primary N) is 2. The Morgan fingerprint density at radius 1 is 0.425 bits per heavy atom. The molecule has 4 aromatic carbocycles. The first kappa shape index (κ1) is 29.1. The lowest BCUT2D eigenvalue weighted by Gasteiger charge is -2.19. The molecule has 0 atom stereocenters. The highest BCUT2D eigenvalue weighted by Crippen LogP contribution is 2.38. The van der Waals surface area contributed by atoms with E-state index in [9.17, 15) is 0 Å². The van der Waals surface area contributed by atoms with Gasteiger partial charge >= 0.3 is 0 Å². The van der Waals surface area contributed by atoms with Gasteiger partial charge in [-0.25, -0.2) is 0 Å². The molecule has 0 bridgehead atoms. The van der Waals surface area contributed by atoms with E-state index in [2.05, 4.69) is 97.1 Å². The number of hydrogen-bond acceptors (Lipinski definition) is 4. The van der Waals surface area contributed by atoms with Crippen LogP contribution in [0.4, 0.5) is 0 Å². The Kier molecular flexibility index (Phi) is 11.9. The number of unbranched alkanes of at least 4 members (excludes halogenated alkanes) is 4. The molecule has 4 heteroatoms. The first-order chi connectivity index (χ1) is 19.8. The summed E-state index contributed by atoms with van der Waals surface area (Å²) in [6.45, 7) is 2.82. The molecule has 4 aromatic rings. The molecular weight excluding hydrogens is 492 g/mol. The summed E-state index contributed by atoms with van der Waals surface area (Å²) in [7, 11) is 0.